The number of carbonyl (C=O) groups is 1. The molecule has 0 radical (unpaired) electrons. The highest BCUT2D eigenvalue weighted by Crippen LogP contribution is 2.32. The third-order valence-corrected chi connectivity index (χ3v) is 6.57. The highest BCUT2D eigenvalue weighted by Gasteiger charge is 2.22. The second-order valence-electron chi connectivity index (χ2n) is 6.81. The van der Waals surface area contributed by atoms with E-state index in [4.69, 9.17) is 16.3 Å². The van der Waals surface area contributed by atoms with Gasteiger partial charge in [0.15, 0.2) is 5.75 Å². The molecule has 0 fully saturated rings. The Kier molecular flexibility index (Phi) is 7.25. The Morgan fingerprint density at radius 1 is 1.10 bits per heavy atom. The molecule has 0 unspecified atom stereocenters. The predicted molar refractivity (Wildman–Crippen MR) is 128 cm³/mol. The van der Waals surface area contributed by atoms with E-state index in [0.29, 0.717) is 27.9 Å². The van der Waals surface area contributed by atoms with E-state index in [-0.39, 0.29) is 0 Å². The Labute approximate surface area is 195 Å². The number of halogens is 2. The van der Waals surface area contributed by atoms with E-state index in [1.165, 1.54) is 0 Å². The Hall–Kier alpha value is -2.55. The van der Waals surface area contributed by atoms with Gasteiger partial charge in [-0.1, -0.05) is 45.7 Å². The van der Waals surface area contributed by atoms with Crippen molar-refractivity contribution < 1.29 is 17.9 Å². The van der Waals surface area contributed by atoms with Crippen LogP contribution in [0.5, 0.6) is 11.5 Å². The highest BCUT2D eigenvalue weighted by molar-refractivity contribution is 9.10. The first-order valence-corrected chi connectivity index (χ1v) is 12.2. The summed E-state index contributed by atoms with van der Waals surface area (Å²) in [7, 11) is -3.70. The number of amides is 1. The number of ether oxygens (including phenoxy) is 1. The highest BCUT2D eigenvalue weighted by atomic mass is 79.9. The van der Waals surface area contributed by atoms with Gasteiger partial charge in [-0.25, -0.2) is 8.42 Å². The van der Waals surface area contributed by atoms with Crippen molar-refractivity contribution in [3.8, 4) is 11.5 Å². The number of para-hydroxylation sites is 1. The Balaban J connectivity index is 1.84. The summed E-state index contributed by atoms with van der Waals surface area (Å²) in [6.07, 6.45) is 1.06. The zero-order valence-corrected chi connectivity index (χ0v) is 20.0. The molecule has 3 aromatic carbocycles. The van der Waals surface area contributed by atoms with Gasteiger partial charge in [-0.15, -0.1) is 0 Å². The maximum Gasteiger partial charge on any atom is 0.245 e. The molecule has 0 aromatic heterocycles. The average Bonchev–Trinajstić information content (AvgIpc) is 2.70. The standard InChI is InChI=1S/C22H20BrClN2O4S/c1-15-12-17(9-10-19(15)23)26(31(2,28)29)14-22(27)25-20-13-16(24)8-11-21(20)30-18-6-4-3-5-7-18/h3-13H,14H2,1-2H3,(H,25,27). The van der Waals surface area contributed by atoms with Crippen LogP contribution >= 0.6 is 27.5 Å². The average molecular weight is 524 g/mol. The fourth-order valence-corrected chi connectivity index (χ4v) is 4.08. The van der Waals surface area contributed by atoms with Gasteiger partial charge in [-0.2, -0.15) is 0 Å². The molecule has 0 heterocycles. The predicted octanol–water partition coefficient (Wildman–Crippen LogP) is 5.61. The van der Waals surface area contributed by atoms with Crippen LogP contribution in [0.4, 0.5) is 11.4 Å². The van der Waals surface area contributed by atoms with Crippen molar-refractivity contribution >= 4 is 54.8 Å². The summed E-state index contributed by atoms with van der Waals surface area (Å²) in [4.78, 5) is 12.8. The number of hydrogen-bond donors (Lipinski definition) is 1. The van der Waals surface area contributed by atoms with Crippen LogP contribution in [0.15, 0.2) is 71.2 Å². The van der Waals surface area contributed by atoms with Gasteiger partial charge in [0.1, 0.15) is 12.3 Å². The second-order valence-corrected chi connectivity index (χ2v) is 10.0. The lowest BCUT2D eigenvalue weighted by atomic mass is 10.2. The van der Waals surface area contributed by atoms with E-state index in [1.54, 1.807) is 48.5 Å². The summed E-state index contributed by atoms with van der Waals surface area (Å²) in [5, 5.41) is 3.11. The van der Waals surface area contributed by atoms with Gasteiger partial charge in [0.2, 0.25) is 15.9 Å². The molecule has 0 atom stereocenters. The van der Waals surface area contributed by atoms with Crippen molar-refractivity contribution in [3.05, 3.63) is 81.8 Å². The van der Waals surface area contributed by atoms with Gasteiger partial charge in [-0.3, -0.25) is 9.10 Å². The Morgan fingerprint density at radius 2 is 1.81 bits per heavy atom. The van der Waals surface area contributed by atoms with Crippen LogP contribution in [0.2, 0.25) is 5.02 Å². The molecule has 9 heteroatoms. The third kappa shape index (κ3) is 6.22. The molecule has 31 heavy (non-hydrogen) atoms. The van der Waals surface area contributed by atoms with Gasteiger partial charge in [0.05, 0.1) is 17.6 Å². The lowest BCUT2D eigenvalue weighted by molar-refractivity contribution is -0.114. The number of nitrogens with one attached hydrogen (secondary N) is 1. The normalized spacial score (nSPS) is 11.1. The molecule has 6 nitrogen and oxygen atoms in total. The lowest BCUT2D eigenvalue weighted by Gasteiger charge is -2.23. The zero-order valence-electron chi connectivity index (χ0n) is 16.8. The van der Waals surface area contributed by atoms with E-state index >= 15 is 0 Å². The first kappa shape index (κ1) is 23.1. The maximum atomic E-state index is 12.8. The molecule has 0 bridgehead atoms. The first-order valence-electron chi connectivity index (χ1n) is 9.19. The summed E-state index contributed by atoms with van der Waals surface area (Å²) in [5.74, 6) is 0.434. The van der Waals surface area contributed by atoms with Crippen LogP contribution < -0.4 is 14.4 Å². The number of rotatable bonds is 7. The molecule has 162 valence electrons. The van der Waals surface area contributed by atoms with E-state index in [9.17, 15) is 13.2 Å². The van der Waals surface area contributed by atoms with E-state index in [1.807, 2.05) is 25.1 Å². The molecule has 1 N–H and O–H groups in total. The summed E-state index contributed by atoms with van der Waals surface area (Å²) >= 11 is 9.48. The van der Waals surface area contributed by atoms with E-state index in [2.05, 4.69) is 21.2 Å². The SMILES string of the molecule is Cc1cc(N(CC(=O)Nc2cc(Cl)ccc2Oc2ccccc2)S(C)(=O)=O)ccc1Br. The van der Waals surface area contributed by atoms with Gasteiger partial charge in [0, 0.05) is 9.50 Å². The number of hydrogen-bond acceptors (Lipinski definition) is 4. The smallest absolute Gasteiger partial charge is 0.245 e. The summed E-state index contributed by atoms with van der Waals surface area (Å²) in [6.45, 7) is 1.43. The second kappa shape index (κ2) is 9.72. The fraction of sp³-hybridized carbons (Fsp3) is 0.136. The van der Waals surface area contributed by atoms with Gasteiger partial charge in [-0.05, 0) is 61.0 Å². The van der Waals surface area contributed by atoms with Crippen LogP contribution in [0.3, 0.4) is 0 Å². The molecule has 0 saturated heterocycles. The van der Waals surface area contributed by atoms with Crippen molar-refractivity contribution in [1.29, 1.82) is 0 Å². The Morgan fingerprint density at radius 3 is 2.45 bits per heavy atom. The zero-order chi connectivity index (χ0) is 22.6. The number of anilines is 2. The lowest BCUT2D eigenvalue weighted by Crippen LogP contribution is -2.37. The monoisotopic (exact) mass is 522 g/mol. The van der Waals surface area contributed by atoms with Crippen molar-refractivity contribution in [3.63, 3.8) is 0 Å². The van der Waals surface area contributed by atoms with Crippen molar-refractivity contribution in [2.24, 2.45) is 0 Å². The molecule has 0 aliphatic rings. The number of nitrogens with zero attached hydrogens (tertiary/aromatic N) is 1. The van der Waals surface area contributed by atoms with Crippen molar-refractivity contribution in [2.45, 2.75) is 6.92 Å². The van der Waals surface area contributed by atoms with Gasteiger partial charge < -0.3 is 10.1 Å². The Bertz CT molecular complexity index is 1200. The van der Waals surface area contributed by atoms with Gasteiger partial charge >= 0.3 is 0 Å². The van der Waals surface area contributed by atoms with E-state index < -0.39 is 22.5 Å². The van der Waals surface area contributed by atoms with Crippen LogP contribution in [0, 0.1) is 6.92 Å². The van der Waals surface area contributed by atoms with Crippen LogP contribution in [0.25, 0.3) is 0 Å². The minimum absolute atomic E-state index is 0.335. The molecule has 0 saturated carbocycles. The van der Waals surface area contributed by atoms with Crippen molar-refractivity contribution in [1.82, 2.24) is 0 Å². The minimum atomic E-state index is -3.70. The van der Waals surface area contributed by atoms with Crippen LogP contribution in [0.1, 0.15) is 5.56 Å². The summed E-state index contributed by atoms with van der Waals surface area (Å²) in [6, 6.07) is 19.0. The number of aryl methyl sites for hydroxylation is 1. The molecule has 0 aliphatic carbocycles. The topological polar surface area (TPSA) is 75.7 Å². The third-order valence-electron chi connectivity index (χ3n) is 4.30. The number of sulfonamides is 1. The van der Waals surface area contributed by atoms with E-state index in [0.717, 1.165) is 20.6 Å². The number of carbonyl (C=O) groups excluding carboxylic acids is 1. The quantitative estimate of drug-likeness (QED) is 0.437. The molecule has 3 rings (SSSR count). The largest absolute Gasteiger partial charge is 0.455 e. The maximum absolute atomic E-state index is 12.8. The molecule has 0 aliphatic heterocycles. The summed E-state index contributed by atoms with van der Waals surface area (Å²) < 4.78 is 32.5. The minimum Gasteiger partial charge on any atom is -0.455 e. The molecule has 3 aromatic rings. The number of benzene rings is 3. The summed E-state index contributed by atoms with van der Waals surface area (Å²) in [5.41, 5.74) is 1.58. The molecular formula is C22H20BrClN2O4S. The molecule has 0 spiro atoms. The van der Waals surface area contributed by atoms with Crippen LogP contribution in [-0.2, 0) is 14.8 Å². The molecular weight excluding hydrogens is 504 g/mol. The molecule has 1 amide bonds. The fourth-order valence-electron chi connectivity index (χ4n) is 2.81. The van der Waals surface area contributed by atoms with Crippen LogP contribution in [-0.4, -0.2) is 27.1 Å². The van der Waals surface area contributed by atoms with Crippen molar-refractivity contribution in [2.75, 3.05) is 22.4 Å². The van der Waals surface area contributed by atoms with Gasteiger partial charge in [0.25, 0.3) is 0 Å². The first-order chi connectivity index (χ1) is 14.6.